The number of carbonyl (C=O) groups is 3. The molecule has 2 aromatic carbocycles. The number of carbonyl (C=O) groups excluding carboxylic acids is 3. The van der Waals surface area contributed by atoms with Crippen LogP contribution in [-0.2, 0) is 25.7 Å². The molecular formula is C35H41N3O5. The standard InChI is InChI=1S/C35H41N3O5/c1-5-34-18-12-20-36(22-24-14-8-6-9-15-24)30(40)27(34)28-31(41)38(26(23-39)25-16-10-7-11-17-25)29-32(42)37(33(2,3)4)21-13-19-35(28,29)43-34/h6-19,26-29,39H,5,20-23H2,1-4H3/t26-,27+,28+,29?,34-,35+/m1/s1. The van der Waals surface area contributed by atoms with E-state index in [1.165, 1.54) is 4.90 Å². The molecule has 1 unspecified atom stereocenters. The molecule has 8 heteroatoms. The summed E-state index contributed by atoms with van der Waals surface area (Å²) in [7, 11) is 0. The van der Waals surface area contributed by atoms with E-state index in [4.69, 9.17) is 4.74 Å². The Morgan fingerprint density at radius 2 is 1.53 bits per heavy atom. The van der Waals surface area contributed by atoms with Crippen molar-refractivity contribution in [1.82, 2.24) is 14.7 Å². The van der Waals surface area contributed by atoms with Gasteiger partial charge in [-0.2, -0.15) is 0 Å². The fraction of sp³-hybridized carbons (Fsp3) is 0.457. The minimum atomic E-state index is -1.38. The lowest BCUT2D eigenvalue weighted by Crippen LogP contribution is -2.59. The monoisotopic (exact) mass is 583 g/mol. The van der Waals surface area contributed by atoms with Gasteiger partial charge in [-0.3, -0.25) is 14.4 Å². The van der Waals surface area contributed by atoms with Gasteiger partial charge in [-0.05, 0) is 38.3 Å². The highest BCUT2D eigenvalue weighted by atomic mass is 16.5. The van der Waals surface area contributed by atoms with E-state index in [1.807, 2.05) is 113 Å². The lowest BCUT2D eigenvalue weighted by Gasteiger charge is -2.43. The first-order valence-electron chi connectivity index (χ1n) is 15.3. The Labute approximate surface area is 253 Å². The molecule has 8 nitrogen and oxygen atoms in total. The van der Waals surface area contributed by atoms with E-state index in [1.54, 1.807) is 9.80 Å². The molecule has 226 valence electrons. The molecule has 2 saturated heterocycles. The molecule has 1 N–H and O–H groups in total. The molecular weight excluding hydrogens is 542 g/mol. The fourth-order valence-corrected chi connectivity index (χ4v) is 7.66. The van der Waals surface area contributed by atoms with Crippen LogP contribution in [0, 0.1) is 11.8 Å². The highest BCUT2D eigenvalue weighted by Crippen LogP contribution is 2.60. The van der Waals surface area contributed by atoms with Gasteiger partial charge in [-0.1, -0.05) is 91.9 Å². The first-order chi connectivity index (χ1) is 20.6. The number of aliphatic hydroxyl groups is 1. The number of benzene rings is 2. The lowest BCUT2D eigenvalue weighted by atomic mass is 9.73. The summed E-state index contributed by atoms with van der Waals surface area (Å²) >= 11 is 0. The summed E-state index contributed by atoms with van der Waals surface area (Å²) in [6, 6.07) is 17.2. The van der Waals surface area contributed by atoms with Crippen molar-refractivity contribution < 1.29 is 24.2 Å². The lowest BCUT2D eigenvalue weighted by molar-refractivity contribution is -0.159. The smallest absolute Gasteiger partial charge is 0.249 e. The average molecular weight is 584 g/mol. The molecule has 3 amide bonds. The molecule has 4 aliphatic rings. The number of hydrogen-bond acceptors (Lipinski definition) is 5. The first-order valence-corrected chi connectivity index (χ1v) is 15.3. The molecule has 0 aromatic heterocycles. The number of fused-ring (bicyclic) bond motifs is 2. The number of nitrogens with zero attached hydrogens (tertiary/aromatic N) is 3. The van der Waals surface area contributed by atoms with Crippen LogP contribution in [0.15, 0.2) is 85.0 Å². The molecule has 0 radical (unpaired) electrons. The SMILES string of the molecule is CC[C@@]12C=CCN(Cc3ccccc3)C(=O)[C@@H]1[C@H]1C(=O)N([C@H](CO)c3ccccc3)C3C(=O)N(C(C)(C)C)CC=C[C@@]31O2. The topological polar surface area (TPSA) is 90.4 Å². The van der Waals surface area contributed by atoms with E-state index in [0.29, 0.717) is 26.1 Å². The second-order valence-corrected chi connectivity index (χ2v) is 13.1. The van der Waals surface area contributed by atoms with E-state index in [9.17, 15) is 19.5 Å². The van der Waals surface area contributed by atoms with Crippen LogP contribution >= 0.6 is 0 Å². The predicted octanol–water partition coefficient (Wildman–Crippen LogP) is 3.88. The van der Waals surface area contributed by atoms with Crippen LogP contribution in [0.25, 0.3) is 0 Å². The molecule has 6 atom stereocenters. The molecule has 43 heavy (non-hydrogen) atoms. The van der Waals surface area contributed by atoms with E-state index in [2.05, 4.69) is 0 Å². The maximum Gasteiger partial charge on any atom is 0.249 e. The molecule has 6 rings (SSSR count). The van der Waals surface area contributed by atoms with E-state index in [-0.39, 0.29) is 24.3 Å². The third kappa shape index (κ3) is 4.54. The molecule has 2 fully saturated rings. The zero-order valence-corrected chi connectivity index (χ0v) is 25.3. The largest absolute Gasteiger partial charge is 0.394 e. The molecule has 4 aliphatic heterocycles. The third-order valence-corrected chi connectivity index (χ3v) is 9.68. The second kappa shape index (κ2) is 10.8. The minimum Gasteiger partial charge on any atom is -0.394 e. The molecule has 0 aliphatic carbocycles. The summed E-state index contributed by atoms with van der Waals surface area (Å²) < 4.78 is 7.10. The van der Waals surface area contributed by atoms with Crippen molar-refractivity contribution in [3.8, 4) is 0 Å². The van der Waals surface area contributed by atoms with E-state index >= 15 is 0 Å². The van der Waals surface area contributed by atoms with Gasteiger partial charge in [0.25, 0.3) is 0 Å². The summed E-state index contributed by atoms with van der Waals surface area (Å²) in [5.41, 5.74) is -1.26. The Kier molecular flexibility index (Phi) is 7.33. The van der Waals surface area contributed by atoms with Crippen LogP contribution in [0.1, 0.15) is 51.3 Å². The van der Waals surface area contributed by atoms with Gasteiger partial charge in [0, 0.05) is 25.2 Å². The van der Waals surface area contributed by atoms with Gasteiger partial charge in [0.2, 0.25) is 17.7 Å². The molecule has 4 heterocycles. The highest BCUT2D eigenvalue weighted by molar-refractivity contribution is 6.00. The summed E-state index contributed by atoms with van der Waals surface area (Å²) in [4.78, 5) is 49.3. The van der Waals surface area contributed by atoms with Gasteiger partial charge in [0.1, 0.15) is 11.6 Å². The number of hydrogen-bond donors (Lipinski definition) is 1. The van der Waals surface area contributed by atoms with E-state index in [0.717, 1.165) is 11.1 Å². The summed E-state index contributed by atoms with van der Waals surface area (Å²) in [5, 5.41) is 10.8. The predicted molar refractivity (Wildman–Crippen MR) is 162 cm³/mol. The van der Waals surface area contributed by atoms with Gasteiger partial charge in [0.15, 0.2) is 0 Å². The summed E-state index contributed by atoms with van der Waals surface area (Å²) in [5.74, 6) is -2.53. The maximum absolute atomic E-state index is 14.9. The maximum atomic E-state index is 14.9. The quantitative estimate of drug-likeness (QED) is 0.522. The number of rotatable bonds is 6. The zero-order valence-electron chi connectivity index (χ0n) is 25.3. The van der Waals surface area contributed by atoms with Crippen LogP contribution < -0.4 is 0 Å². The normalized spacial score (nSPS) is 31.0. The van der Waals surface area contributed by atoms with Crippen LogP contribution in [0.3, 0.4) is 0 Å². The Morgan fingerprint density at radius 1 is 0.884 bits per heavy atom. The number of amides is 3. The van der Waals surface area contributed by atoms with Crippen molar-refractivity contribution >= 4 is 17.7 Å². The van der Waals surface area contributed by atoms with Crippen LogP contribution in [0.5, 0.6) is 0 Å². The van der Waals surface area contributed by atoms with Gasteiger partial charge >= 0.3 is 0 Å². The van der Waals surface area contributed by atoms with Crippen molar-refractivity contribution in [2.45, 2.75) is 69.5 Å². The molecule has 0 bridgehead atoms. The third-order valence-electron chi connectivity index (χ3n) is 9.68. The van der Waals surface area contributed by atoms with Gasteiger partial charge in [-0.25, -0.2) is 0 Å². The van der Waals surface area contributed by atoms with Gasteiger partial charge in [-0.15, -0.1) is 0 Å². The van der Waals surface area contributed by atoms with E-state index < -0.39 is 40.7 Å². The van der Waals surface area contributed by atoms with Gasteiger partial charge in [0.05, 0.1) is 30.1 Å². The van der Waals surface area contributed by atoms with Crippen molar-refractivity contribution in [3.63, 3.8) is 0 Å². The first kappa shape index (κ1) is 29.3. The van der Waals surface area contributed by atoms with Crippen molar-refractivity contribution in [3.05, 3.63) is 96.1 Å². The summed E-state index contributed by atoms with van der Waals surface area (Å²) in [6.45, 7) is 8.64. The van der Waals surface area contributed by atoms with Gasteiger partial charge < -0.3 is 24.5 Å². The van der Waals surface area contributed by atoms with Crippen LogP contribution in [0.4, 0.5) is 0 Å². The molecule has 1 spiro atoms. The number of ether oxygens (including phenoxy) is 1. The highest BCUT2D eigenvalue weighted by Gasteiger charge is 2.76. The van der Waals surface area contributed by atoms with Crippen molar-refractivity contribution in [2.75, 3.05) is 19.7 Å². The molecule has 0 saturated carbocycles. The number of likely N-dealkylation sites (tertiary alicyclic amines) is 1. The van der Waals surface area contributed by atoms with Crippen LogP contribution in [0.2, 0.25) is 0 Å². The minimum absolute atomic E-state index is 0.162. The Hall–Kier alpha value is -3.75. The fourth-order valence-electron chi connectivity index (χ4n) is 7.66. The zero-order chi connectivity index (χ0) is 30.6. The Balaban J connectivity index is 1.51. The second-order valence-electron chi connectivity index (χ2n) is 13.1. The number of aliphatic hydroxyl groups excluding tert-OH is 1. The average Bonchev–Trinajstić information content (AvgIpc) is 3.28. The van der Waals surface area contributed by atoms with Crippen molar-refractivity contribution in [2.24, 2.45) is 11.8 Å². The molecule has 2 aromatic rings. The van der Waals surface area contributed by atoms with Crippen molar-refractivity contribution in [1.29, 1.82) is 0 Å². The summed E-state index contributed by atoms with van der Waals surface area (Å²) in [6.07, 6.45) is 8.16. The Bertz CT molecular complexity index is 1450. The van der Waals surface area contributed by atoms with Crippen LogP contribution in [-0.4, -0.2) is 80.0 Å². The Morgan fingerprint density at radius 3 is 2.16 bits per heavy atom.